The minimum absolute atomic E-state index is 0.117. The molecule has 0 unspecified atom stereocenters. The van der Waals surface area contributed by atoms with E-state index >= 15 is 0 Å². The standard InChI is InChI=1S/C26H30BrN3O4/c1-3-32-23-15-20(17-28-12-6-14-33-26-7-4-5-13-29-26)22(27)16-24(23)34-18-25(31)30-21-10-8-19(2)9-11-21/h4-5,7-11,13,15-16,28H,3,6,12,14,17-18H2,1-2H3,(H,30,31). The van der Waals surface area contributed by atoms with Crippen molar-refractivity contribution in [1.29, 1.82) is 0 Å². The van der Waals surface area contributed by atoms with Crippen molar-refractivity contribution >= 4 is 27.5 Å². The van der Waals surface area contributed by atoms with Crippen molar-refractivity contribution in [2.75, 3.05) is 31.7 Å². The Morgan fingerprint density at radius 2 is 1.82 bits per heavy atom. The Labute approximate surface area is 209 Å². The number of nitrogens with zero attached hydrogens (tertiary/aromatic N) is 1. The maximum absolute atomic E-state index is 12.3. The molecular weight excluding hydrogens is 498 g/mol. The largest absolute Gasteiger partial charge is 0.490 e. The van der Waals surface area contributed by atoms with E-state index in [-0.39, 0.29) is 12.5 Å². The second-order valence-corrected chi connectivity index (χ2v) is 8.43. The molecule has 0 atom stereocenters. The first kappa shape index (κ1) is 25.5. The van der Waals surface area contributed by atoms with E-state index in [1.165, 1.54) is 0 Å². The lowest BCUT2D eigenvalue weighted by molar-refractivity contribution is -0.118. The number of amides is 1. The van der Waals surface area contributed by atoms with Gasteiger partial charge in [0.15, 0.2) is 18.1 Å². The Hall–Kier alpha value is -3.10. The van der Waals surface area contributed by atoms with Gasteiger partial charge in [-0.05, 0) is 62.7 Å². The van der Waals surface area contributed by atoms with Crippen molar-refractivity contribution in [2.24, 2.45) is 0 Å². The Balaban J connectivity index is 1.48. The molecule has 0 aliphatic rings. The molecule has 3 aromatic rings. The monoisotopic (exact) mass is 527 g/mol. The van der Waals surface area contributed by atoms with Crippen molar-refractivity contribution < 1.29 is 19.0 Å². The van der Waals surface area contributed by atoms with Gasteiger partial charge in [-0.3, -0.25) is 4.79 Å². The van der Waals surface area contributed by atoms with Gasteiger partial charge in [0.1, 0.15) is 0 Å². The highest BCUT2D eigenvalue weighted by Gasteiger charge is 2.13. The van der Waals surface area contributed by atoms with Gasteiger partial charge < -0.3 is 24.8 Å². The summed E-state index contributed by atoms with van der Waals surface area (Å²) in [4.78, 5) is 16.4. The first-order valence-electron chi connectivity index (χ1n) is 11.2. The molecule has 8 heteroatoms. The fourth-order valence-corrected chi connectivity index (χ4v) is 3.56. The molecule has 0 spiro atoms. The van der Waals surface area contributed by atoms with E-state index in [0.717, 1.165) is 34.3 Å². The van der Waals surface area contributed by atoms with E-state index in [1.807, 2.05) is 68.4 Å². The molecule has 0 aliphatic heterocycles. The minimum atomic E-state index is -0.235. The maximum atomic E-state index is 12.3. The van der Waals surface area contributed by atoms with Crippen LogP contribution in [0.15, 0.2) is 65.3 Å². The molecule has 0 saturated carbocycles. The molecule has 1 aromatic heterocycles. The normalized spacial score (nSPS) is 10.6. The van der Waals surface area contributed by atoms with Crippen molar-refractivity contribution in [2.45, 2.75) is 26.8 Å². The Morgan fingerprint density at radius 3 is 2.56 bits per heavy atom. The number of nitrogens with one attached hydrogen (secondary N) is 2. The van der Waals surface area contributed by atoms with Gasteiger partial charge in [-0.25, -0.2) is 4.98 Å². The summed E-state index contributed by atoms with van der Waals surface area (Å²) in [5, 5.41) is 6.24. The smallest absolute Gasteiger partial charge is 0.262 e. The topological polar surface area (TPSA) is 81.7 Å². The summed E-state index contributed by atoms with van der Waals surface area (Å²) in [5.74, 6) is 1.51. The van der Waals surface area contributed by atoms with Crippen LogP contribution in [0, 0.1) is 6.92 Å². The van der Waals surface area contributed by atoms with Gasteiger partial charge in [-0.2, -0.15) is 0 Å². The van der Waals surface area contributed by atoms with Crippen LogP contribution in [0.4, 0.5) is 5.69 Å². The van der Waals surface area contributed by atoms with E-state index in [0.29, 0.717) is 37.1 Å². The van der Waals surface area contributed by atoms with Gasteiger partial charge >= 0.3 is 0 Å². The third kappa shape index (κ3) is 8.35. The van der Waals surface area contributed by atoms with Gasteiger partial charge in [0, 0.05) is 29.0 Å². The van der Waals surface area contributed by atoms with E-state index < -0.39 is 0 Å². The molecule has 7 nitrogen and oxygen atoms in total. The average molecular weight is 528 g/mol. The lowest BCUT2D eigenvalue weighted by Crippen LogP contribution is -2.20. The number of hydrogen-bond acceptors (Lipinski definition) is 6. The predicted molar refractivity (Wildman–Crippen MR) is 137 cm³/mol. The number of carbonyl (C=O) groups excluding carboxylic acids is 1. The zero-order valence-corrected chi connectivity index (χ0v) is 21.1. The summed E-state index contributed by atoms with van der Waals surface area (Å²) in [6.07, 6.45) is 2.56. The molecule has 0 fully saturated rings. The van der Waals surface area contributed by atoms with E-state index in [1.54, 1.807) is 6.20 Å². The fourth-order valence-electron chi connectivity index (χ4n) is 3.10. The maximum Gasteiger partial charge on any atom is 0.262 e. The summed E-state index contributed by atoms with van der Waals surface area (Å²) >= 11 is 3.60. The van der Waals surface area contributed by atoms with Crippen LogP contribution in [0.5, 0.6) is 17.4 Å². The van der Waals surface area contributed by atoms with Crippen LogP contribution in [0.25, 0.3) is 0 Å². The number of aryl methyl sites for hydroxylation is 1. The first-order chi connectivity index (χ1) is 16.5. The van der Waals surface area contributed by atoms with Crippen LogP contribution < -0.4 is 24.8 Å². The Kier molecular flexibility index (Phi) is 10.2. The number of pyridine rings is 1. The van der Waals surface area contributed by atoms with E-state index in [2.05, 4.69) is 31.5 Å². The molecule has 0 aliphatic carbocycles. The molecule has 0 radical (unpaired) electrons. The molecule has 1 heterocycles. The van der Waals surface area contributed by atoms with Crippen LogP contribution in [0.1, 0.15) is 24.5 Å². The van der Waals surface area contributed by atoms with Gasteiger partial charge in [0.2, 0.25) is 5.88 Å². The number of carbonyl (C=O) groups is 1. The van der Waals surface area contributed by atoms with Crippen molar-refractivity contribution in [3.8, 4) is 17.4 Å². The zero-order valence-electron chi connectivity index (χ0n) is 19.5. The van der Waals surface area contributed by atoms with Crippen LogP contribution in [-0.4, -0.2) is 37.3 Å². The highest BCUT2D eigenvalue weighted by Crippen LogP contribution is 2.34. The van der Waals surface area contributed by atoms with Crippen LogP contribution >= 0.6 is 15.9 Å². The summed E-state index contributed by atoms with van der Waals surface area (Å²) in [5.41, 5.74) is 2.90. The van der Waals surface area contributed by atoms with Crippen LogP contribution in [0.2, 0.25) is 0 Å². The van der Waals surface area contributed by atoms with Gasteiger partial charge in [-0.1, -0.05) is 39.7 Å². The molecule has 1 amide bonds. The van der Waals surface area contributed by atoms with Crippen molar-refractivity contribution in [3.63, 3.8) is 0 Å². The number of hydrogen-bond donors (Lipinski definition) is 2. The van der Waals surface area contributed by atoms with Gasteiger partial charge in [0.05, 0.1) is 13.2 Å². The minimum Gasteiger partial charge on any atom is -0.490 e. The number of halogens is 1. The fraction of sp³-hybridized carbons (Fsp3) is 0.308. The molecule has 2 N–H and O–H groups in total. The number of benzene rings is 2. The molecular formula is C26H30BrN3O4. The van der Waals surface area contributed by atoms with Crippen LogP contribution in [-0.2, 0) is 11.3 Å². The first-order valence-corrected chi connectivity index (χ1v) is 12.0. The second-order valence-electron chi connectivity index (χ2n) is 7.57. The number of aromatic nitrogens is 1. The summed E-state index contributed by atoms with van der Waals surface area (Å²) in [7, 11) is 0. The molecule has 180 valence electrons. The summed E-state index contributed by atoms with van der Waals surface area (Å²) in [6.45, 7) is 6.32. The van der Waals surface area contributed by atoms with Gasteiger partial charge in [-0.15, -0.1) is 0 Å². The summed E-state index contributed by atoms with van der Waals surface area (Å²) in [6, 6.07) is 17.0. The molecule has 2 aromatic carbocycles. The van der Waals surface area contributed by atoms with Gasteiger partial charge in [0.25, 0.3) is 5.91 Å². The SMILES string of the molecule is CCOc1cc(CNCCCOc2ccccn2)c(Br)cc1OCC(=O)Nc1ccc(C)cc1. The van der Waals surface area contributed by atoms with Crippen molar-refractivity contribution in [1.82, 2.24) is 10.3 Å². The highest BCUT2D eigenvalue weighted by atomic mass is 79.9. The second kappa shape index (κ2) is 13.6. The van der Waals surface area contributed by atoms with Crippen LogP contribution in [0.3, 0.4) is 0 Å². The average Bonchev–Trinajstić information content (AvgIpc) is 2.84. The number of ether oxygens (including phenoxy) is 3. The number of anilines is 1. The molecule has 0 saturated heterocycles. The highest BCUT2D eigenvalue weighted by molar-refractivity contribution is 9.10. The molecule has 0 bridgehead atoms. The van der Waals surface area contributed by atoms with Crippen molar-refractivity contribution in [3.05, 3.63) is 76.4 Å². The number of rotatable bonds is 13. The third-order valence-corrected chi connectivity index (χ3v) is 5.55. The Bertz CT molecular complexity index is 1050. The quantitative estimate of drug-likeness (QED) is 0.300. The lowest BCUT2D eigenvalue weighted by atomic mass is 10.2. The van der Waals surface area contributed by atoms with E-state index in [9.17, 15) is 4.79 Å². The molecule has 34 heavy (non-hydrogen) atoms. The predicted octanol–water partition coefficient (Wildman–Crippen LogP) is 5.13. The summed E-state index contributed by atoms with van der Waals surface area (Å²) < 4.78 is 18.0. The van der Waals surface area contributed by atoms with E-state index in [4.69, 9.17) is 14.2 Å². The third-order valence-electron chi connectivity index (χ3n) is 4.81. The zero-order chi connectivity index (χ0) is 24.2. The molecule has 3 rings (SSSR count). The lowest BCUT2D eigenvalue weighted by Gasteiger charge is -2.15. The Morgan fingerprint density at radius 1 is 1.03 bits per heavy atom.